The van der Waals surface area contributed by atoms with E-state index in [2.05, 4.69) is 4.98 Å². The smallest absolute Gasteiger partial charge is 0.159 e. The van der Waals surface area contributed by atoms with Gasteiger partial charge in [-0.25, -0.2) is 13.8 Å². The maximum Gasteiger partial charge on any atom is 0.159 e. The monoisotopic (exact) mass is 282 g/mol. The zero-order chi connectivity index (χ0) is 13.1. The summed E-state index contributed by atoms with van der Waals surface area (Å²) in [5.41, 5.74) is 0.361. The Kier molecular flexibility index (Phi) is 3.80. The molecule has 1 aromatic heterocycles. The van der Waals surface area contributed by atoms with Crippen molar-refractivity contribution >= 4 is 23.4 Å². The van der Waals surface area contributed by atoms with E-state index in [9.17, 15) is 8.78 Å². The summed E-state index contributed by atoms with van der Waals surface area (Å²) in [7, 11) is 0. The second kappa shape index (κ2) is 5.34. The standard InChI is InChI=1S/C12H5ClF2N2S/c13-11-3-7(6-16)4-12(17-11)18-8-1-2-9(14)10(15)5-8/h1-5H. The first kappa shape index (κ1) is 12.8. The Morgan fingerprint density at radius 2 is 1.94 bits per heavy atom. The second-order valence-corrected chi connectivity index (χ2v) is 4.79. The van der Waals surface area contributed by atoms with E-state index in [4.69, 9.17) is 16.9 Å². The van der Waals surface area contributed by atoms with Gasteiger partial charge in [-0.1, -0.05) is 23.4 Å². The molecule has 90 valence electrons. The summed E-state index contributed by atoms with van der Waals surface area (Å²) in [6.45, 7) is 0. The number of hydrogen-bond donors (Lipinski definition) is 0. The first-order chi connectivity index (χ1) is 8.58. The summed E-state index contributed by atoms with van der Waals surface area (Å²) in [5.74, 6) is -1.83. The first-order valence-corrected chi connectivity index (χ1v) is 5.98. The highest BCUT2D eigenvalue weighted by Gasteiger charge is 2.06. The molecule has 0 amide bonds. The highest BCUT2D eigenvalue weighted by Crippen LogP contribution is 2.28. The second-order valence-electron chi connectivity index (χ2n) is 3.31. The van der Waals surface area contributed by atoms with Crippen LogP contribution < -0.4 is 0 Å². The molecule has 0 N–H and O–H groups in total. The van der Waals surface area contributed by atoms with Crippen LogP contribution in [0.4, 0.5) is 8.78 Å². The number of nitrogens with zero attached hydrogens (tertiary/aromatic N) is 2. The fraction of sp³-hybridized carbons (Fsp3) is 0. The largest absolute Gasteiger partial charge is 0.229 e. The van der Waals surface area contributed by atoms with Crippen LogP contribution in [0.15, 0.2) is 40.3 Å². The molecule has 0 aliphatic rings. The molecule has 0 atom stereocenters. The molecular weight excluding hydrogens is 278 g/mol. The summed E-state index contributed by atoms with van der Waals surface area (Å²) in [4.78, 5) is 4.47. The number of hydrogen-bond acceptors (Lipinski definition) is 3. The van der Waals surface area contributed by atoms with Crippen molar-refractivity contribution < 1.29 is 8.78 Å². The average molecular weight is 283 g/mol. The Hall–Kier alpha value is -1.64. The van der Waals surface area contributed by atoms with Gasteiger partial charge in [0.1, 0.15) is 10.2 Å². The van der Waals surface area contributed by atoms with Crippen molar-refractivity contribution in [2.24, 2.45) is 0 Å². The first-order valence-electron chi connectivity index (χ1n) is 4.79. The maximum absolute atomic E-state index is 13.0. The van der Waals surface area contributed by atoms with E-state index in [0.717, 1.165) is 23.9 Å². The van der Waals surface area contributed by atoms with Crippen LogP contribution >= 0.6 is 23.4 Å². The van der Waals surface area contributed by atoms with Crippen molar-refractivity contribution in [1.82, 2.24) is 4.98 Å². The number of rotatable bonds is 2. The van der Waals surface area contributed by atoms with E-state index in [0.29, 0.717) is 15.5 Å². The van der Waals surface area contributed by atoms with Gasteiger partial charge in [-0.3, -0.25) is 0 Å². The third-order valence-corrected chi connectivity index (χ3v) is 3.11. The van der Waals surface area contributed by atoms with E-state index in [1.165, 1.54) is 18.2 Å². The molecule has 0 spiro atoms. The summed E-state index contributed by atoms with van der Waals surface area (Å²) < 4.78 is 25.8. The Morgan fingerprint density at radius 3 is 2.61 bits per heavy atom. The minimum atomic E-state index is -0.928. The highest BCUT2D eigenvalue weighted by atomic mass is 35.5. The van der Waals surface area contributed by atoms with E-state index >= 15 is 0 Å². The molecule has 6 heteroatoms. The fourth-order valence-electron chi connectivity index (χ4n) is 1.25. The maximum atomic E-state index is 13.0. The van der Waals surface area contributed by atoms with E-state index in [1.807, 2.05) is 6.07 Å². The van der Waals surface area contributed by atoms with Crippen LogP contribution in [-0.2, 0) is 0 Å². The normalized spacial score (nSPS) is 10.1. The molecule has 0 bridgehead atoms. The van der Waals surface area contributed by atoms with E-state index in [1.54, 1.807) is 0 Å². The molecular formula is C12H5ClF2N2S. The number of pyridine rings is 1. The molecule has 0 saturated carbocycles. The Morgan fingerprint density at radius 1 is 1.17 bits per heavy atom. The number of benzene rings is 1. The molecule has 18 heavy (non-hydrogen) atoms. The number of nitriles is 1. The third kappa shape index (κ3) is 2.97. The van der Waals surface area contributed by atoms with Gasteiger partial charge in [0.2, 0.25) is 0 Å². The molecule has 2 rings (SSSR count). The van der Waals surface area contributed by atoms with Crippen LogP contribution in [0.2, 0.25) is 5.15 Å². The van der Waals surface area contributed by atoms with Crippen molar-refractivity contribution in [2.75, 3.05) is 0 Å². The van der Waals surface area contributed by atoms with Crippen LogP contribution in [0.5, 0.6) is 0 Å². The van der Waals surface area contributed by atoms with E-state index < -0.39 is 11.6 Å². The quantitative estimate of drug-likeness (QED) is 0.780. The predicted octanol–water partition coefficient (Wildman–Crippen LogP) is 4.04. The Bertz CT molecular complexity index is 640. The van der Waals surface area contributed by atoms with Crippen molar-refractivity contribution in [1.29, 1.82) is 5.26 Å². The van der Waals surface area contributed by atoms with Gasteiger partial charge in [-0.05, 0) is 30.3 Å². The fourth-order valence-corrected chi connectivity index (χ4v) is 2.38. The Balaban J connectivity index is 2.31. The highest BCUT2D eigenvalue weighted by molar-refractivity contribution is 7.99. The van der Waals surface area contributed by atoms with Gasteiger partial charge in [0.05, 0.1) is 11.6 Å². The van der Waals surface area contributed by atoms with Crippen LogP contribution in [0.3, 0.4) is 0 Å². The van der Waals surface area contributed by atoms with Crippen molar-refractivity contribution in [2.45, 2.75) is 9.92 Å². The minimum absolute atomic E-state index is 0.180. The van der Waals surface area contributed by atoms with Gasteiger partial charge in [0, 0.05) is 4.90 Å². The molecule has 2 aromatic rings. The van der Waals surface area contributed by atoms with Gasteiger partial charge >= 0.3 is 0 Å². The van der Waals surface area contributed by atoms with Crippen LogP contribution in [-0.4, -0.2) is 4.98 Å². The number of aromatic nitrogens is 1. The SMILES string of the molecule is N#Cc1cc(Cl)nc(Sc2ccc(F)c(F)c2)c1. The van der Waals surface area contributed by atoms with Crippen molar-refractivity contribution in [3.8, 4) is 6.07 Å². The van der Waals surface area contributed by atoms with Gasteiger partial charge in [-0.2, -0.15) is 5.26 Å². The van der Waals surface area contributed by atoms with Crippen molar-refractivity contribution in [3.63, 3.8) is 0 Å². The molecule has 0 fully saturated rings. The minimum Gasteiger partial charge on any atom is -0.229 e. The van der Waals surface area contributed by atoms with Crippen LogP contribution in [0.1, 0.15) is 5.56 Å². The average Bonchev–Trinajstić information content (AvgIpc) is 2.33. The molecule has 2 nitrogen and oxygen atoms in total. The van der Waals surface area contributed by atoms with Gasteiger partial charge in [0.15, 0.2) is 11.6 Å². The lowest BCUT2D eigenvalue weighted by atomic mass is 10.3. The lowest BCUT2D eigenvalue weighted by Gasteiger charge is -2.02. The van der Waals surface area contributed by atoms with Crippen LogP contribution in [0, 0.1) is 23.0 Å². The summed E-state index contributed by atoms with van der Waals surface area (Å²) >= 11 is 6.84. The predicted molar refractivity (Wildman–Crippen MR) is 64.4 cm³/mol. The molecule has 0 unspecified atom stereocenters. The topological polar surface area (TPSA) is 36.7 Å². The lowest BCUT2D eigenvalue weighted by Crippen LogP contribution is -1.87. The summed E-state index contributed by atoms with van der Waals surface area (Å²) in [6.07, 6.45) is 0. The van der Waals surface area contributed by atoms with Crippen LogP contribution in [0.25, 0.3) is 0 Å². The van der Waals surface area contributed by atoms with Gasteiger partial charge in [-0.15, -0.1) is 0 Å². The summed E-state index contributed by atoms with van der Waals surface area (Å²) in [5, 5.41) is 9.41. The summed E-state index contributed by atoms with van der Waals surface area (Å²) in [6, 6.07) is 8.42. The molecule has 0 saturated heterocycles. The molecule has 1 aromatic carbocycles. The van der Waals surface area contributed by atoms with Gasteiger partial charge < -0.3 is 0 Å². The number of halogens is 3. The lowest BCUT2D eigenvalue weighted by molar-refractivity contribution is 0.506. The molecule has 0 aliphatic heterocycles. The third-order valence-electron chi connectivity index (χ3n) is 2.01. The Labute approximate surface area is 111 Å². The zero-order valence-electron chi connectivity index (χ0n) is 8.82. The molecule has 0 radical (unpaired) electrons. The molecule has 0 aliphatic carbocycles. The van der Waals surface area contributed by atoms with Gasteiger partial charge in [0.25, 0.3) is 0 Å². The van der Waals surface area contributed by atoms with Crippen molar-refractivity contribution in [3.05, 3.63) is 52.7 Å². The zero-order valence-corrected chi connectivity index (χ0v) is 10.4. The molecule has 1 heterocycles. The van der Waals surface area contributed by atoms with E-state index in [-0.39, 0.29) is 5.15 Å².